The van der Waals surface area contributed by atoms with Gasteiger partial charge >= 0.3 is 0 Å². The Morgan fingerprint density at radius 3 is 2.46 bits per heavy atom. The number of fused-ring (bicyclic) bond motifs is 1. The fourth-order valence-corrected chi connectivity index (χ4v) is 3.38. The van der Waals surface area contributed by atoms with Gasteiger partial charge in [0.1, 0.15) is 5.82 Å². The van der Waals surface area contributed by atoms with E-state index in [1.165, 1.54) is 23.2 Å². The van der Waals surface area contributed by atoms with Gasteiger partial charge in [-0.15, -0.1) is 0 Å². The lowest BCUT2D eigenvalue weighted by molar-refractivity contribution is -0.123. The summed E-state index contributed by atoms with van der Waals surface area (Å²) in [5.41, 5.74) is 1.01. The second-order valence-electron chi connectivity index (χ2n) is 5.92. The van der Waals surface area contributed by atoms with Crippen molar-refractivity contribution in [3.63, 3.8) is 0 Å². The number of carbonyl (C=O) groups is 2. The minimum Gasteiger partial charge on any atom is -0.271 e. The molecule has 0 aromatic heterocycles. The average molecular weight is 393 g/mol. The summed E-state index contributed by atoms with van der Waals surface area (Å²) in [5, 5.41) is 10.0. The van der Waals surface area contributed by atoms with Crippen LogP contribution in [-0.2, 0) is 16.1 Å². The normalized spacial score (nSPS) is 21.7. The quantitative estimate of drug-likeness (QED) is 0.749. The molecule has 2 amide bonds. The van der Waals surface area contributed by atoms with Gasteiger partial charge in [0.05, 0.1) is 12.2 Å². The van der Waals surface area contributed by atoms with Crippen LogP contribution in [0.5, 0.6) is 0 Å². The number of anilines is 1. The molecular weight excluding hydrogens is 382 g/mol. The molecule has 2 aliphatic rings. The molecule has 6 nitrogen and oxygen atoms in total. The van der Waals surface area contributed by atoms with Crippen LogP contribution in [0.4, 0.5) is 10.1 Å². The highest BCUT2D eigenvalue weighted by molar-refractivity contribution is 6.31. The summed E-state index contributed by atoms with van der Waals surface area (Å²) < 4.78 is 13.2. The van der Waals surface area contributed by atoms with Crippen LogP contribution in [0, 0.1) is 5.82 Å². The summed E-state index contributed by atoms with van der Waals surface area (Å²) >= 11 is 11.9. The molecular formula is C17H11Cl2FN4O2. The number of nitrogens with zero attached hydrogens (tertiary/aromatic N) is 4. The van der Waals surface area contributed by atoms with E-state index in [-0.39, 0.29) is 11.6 Å². The van der Waals surface area contributed by atoms with Crippen molar-refractivity contribution in [3.8, 4) is 0 Å². The number of amides is 2. The number of halogens is 3. The van der Waals surface area contributed by atoms with Crippen LogP contribution < -0.4 is 4.90 Å². The highest BCUT2D eigenvalue weighted by Crippen LogP contribution is 2.33. The highest BCUT2D eigenvalue weighted by atomic mass is 35.5. The van der Waals surface area contributed by atoms with Crippen LogP contribution >= 0.6 is 23.2 Å². The first-order valence-corrected chi connectivity index (χ1v) is 8.46. The monoisotopic (exact) mass is 392 g/mol. The molecule has 0 spiro atoms. The molecule has 26 heavy (non-hydrogen) atoms. The number of rotatable bonds is 3. The van der Waals surface area contributed by atoms with Crippen LogP contribution in [0.25, 0.3) is 0 Å². The smallest absolute Gasteiger partial charge is 0.263 e. The van der Waals surface area contributed by atoms with Crippen molar-refractivity contribution < 1.29 is 14.0 Å². The van der Waals surface area contributed by atoms with Gasteiger partial charge in [-0.2, -0.15) is 5.11 Å². The van der Waals surface area contributed by atoms with E-state index in [0.717, 1.165) is 4.90 Å². The molecule has 9 heteroatoms. The number of benzene rings is 2. The molecule has 2 aliphatic heterocycles. The number of hydrogen-bond donors (Lipinski definition) is 0. The maximum absolute atomic E-state index is 13.2. The van der Waals surface area contributed by atoms with E-state index >= 15 is 0 Å². The number of carbonyl (C=O) groups excluding carboxylic acids is 2. The summed E-state index contributed by atoms with van der Waals surface area (Å²) in [7, 11) is 0. The molecule has 2 atom stereocenters. The lowest BCUT2D eigenvalue weighted by Gasteiger charge is -2.21. The summed E-state index contributed by atoms with van der Waals surface area (Å²) in [4.78, 5) is 26.5. The van der Waals surface area contributed by atoms with Gasteiger partial charge < -0.3 is 0 Å². The Kier molecular flexibility index (Phi) is 4.13. The third kappa shape index (κ3) is 2.73. The Morgan fingerprint density at radius 1 is 1.04 bits per heavy atom. The van der Waals surface area contributed by atoms with Crippen molar-refractivity contribution in [1.29, 1.82) is 0 Å². The molecule has 0 bridgehead atoms. The molecule has 2 aromatic rings. The number of hydrogen-bond acceptors (Lipinski definition) is 5. The zero-order valence-electron chi connectivity index (χ0n) is 13.1. The van der Waals surface area contributed by atoms with Crippen molar-refractivity contribution in [2.75, 3.05) is 4.90 Å². The van der Waals surface area contributed by atoms with Gasteiger partial charge in [0.2, 0.25) is 0 Å². The molecule has 0 radical (unpaired) electrons. The second-order valence-corrected chi connectivity index (χ2v) is 6.76. The van der Waals surface area contributed by atoms with E-state index in [1.807, 2.05) is 0 Å². The van der Waals surface area contributed by atoms with Gasteiger partial charge in [0, 0.05) is 10.0 Å². The third-order valence-corrected chi connectivity index (χ3v) is 4.89. The fraction of sp³-hybridized carbons (Fsp3) is 0.176. The minimum absolute atomic E-state index is 0.136. The van der Waals surface area contributed by atoms with Crippen LogP contribution in [-0.4, -0.2) is 28.9 Å². The largest absolute Gasteiger partial charge is 0.271 e. The molecule has 1 saturated heterocycles. The summed E-state index contributed by atoms with van der Waals surface area (Å²) in [6.07, 6.45) is 0. The Hall–Kier alpha value is -2.51. The first-order valence-electron chi connectivity index (χ1n) is 7.70. The van der Waals surface area contributed by atoms with E-state index in [0.29, 0.717) is 16.3 Å². The lowest BCUT2D eigenvalue weighted by Crippen LogP contribution is -2.39. The third-order valence-electron chi connectivity index (χ3n) is 4.29. The van der Waals surface area contributed by atoms with Crippen molar-refractivity contribution in [2.45, 2.75) is 18.6 Å². The predicted octanol–water partition coefficient (Wildman–Crippen LogP) is 3.63. The Bertz CT molecular complexity index is 935. The molecule has 0 aliphatic carbocycles. The van der Waals surface area contributed by atoms with E-state index in [2.05, 4.69) is 10.3 Å². The van der Waals surface area contributed by atoms with Crippen molar-refractivity contribution in [3.05, 3.63) is 63.9 Å². The topological polar surface area (TPSA) is 65.3 Å². The summed E-state index contributed by atoms with van der Waals surface area (Å²) in [6, 6.07) is 8.60. The van der Waals surface area contributed by atoms with Crippen LogP contribution in [0.2, 0.25) is 10.0 Å². The predicted molar refractivity (Wildman–Crippen MR) is 93.3 cm³/mol. The van der Waals surface area contributed by atoms with Crippen molar-refractivity contribution >= 4 is 40.7 Å². The second kappa shape index (κ2) is 6.34. The molecule has 2 heterocycles. The van der Waals surface area contributed by atoms with Crippen LogP contribution in [0.1, 0.15) is 5.56 Å². The van der Waals surface area contributed by atoms with E-state index in [9.17, 15) is 14.0 Å². The highest BCUT2D eigenvalue weighted by Gasteiger charge is 2.54. The van der Waals surface area contributed by atoms with Gasteiger partial charge in [-0.3, -0.25) is 14.6 Å². The van der Waals surface area contributed by atoms with Gasteiger partial charge in [0.15, 0.2) is 12.1 Å². The molecule has 0 N–H and O–H groups in total. The molecule has 1 fully saturated rings. The standard InChI is InChI=1S/C17H11Cl2FN4O2/c18-10-2-5-12(6-3-10)24-16(25)14-15(17(24)26)23(22-21-14)8-9-1-4-11(20)7-13(9)19/h1-7,14-15H,8H2/t14-,15-/m0/s1. The molecule has 0 unspecified atom stereocenters. The Morgan fingerprint density at radius 2 is 1.77 bits per heavy atom. The zero-order chi connectivity index (χ0) is 18.4. The SMILES string of the molecule is O=C1[C@H]2N=NN(Cc3ccc(F)cc3Cl)[C@@H]2C(=O)N1c1ccc(Cl)cc1. The van der Waals surface area contributed by atoms with Gasteiger partial charge in [-0.1, -0.05) is 34.5 Å². The maximum atomic E-state index is 13.2. The minimum atomic E-state index is -0.905. The van der Waals surface area contributed by atoms with Crippen molar-refractivity contribution in [1.82, 2.24) is 5.01 Å². The molecule has 0 saturated carbocycles. The molecule has 4 rings (SSSR count). The van der Waals surface area contributed by atoms with Gasteiger partial charge in [-0.05, 0) is 42.0 Å². The first-order chi connectivity index (χ1) is 12.5. The molecule has 2 aromatic carbocycles. The molecule has 132 valence electrons. The number of imide groups is 1. The Balaban J connectivity index is 1.61. The zero-order valence-corrected chi connectivity index (χ0v) is 14.7. The summed E-state index contributed by atoms with van der Waals surface area (Å²) in [5.74, 6) is -1.33. The van der Waals surface area contributed by atoms with Crippen LogP contribution in [0.3, 0.4) is 0 Å². The van der Waals surface area contributed by atoms with Gasteiger partial charge in [0.25, 0.3) is 11.8 Å². The van der Waals surface area contributed by atoms with Crippen molar-refractivity contribution in [2.24, 2.45) is 10.3 Å². The summed E-state index contributed by atoms with van der Waals surface area (Å²) in [6.45, 7) is 0.136. The van der Waals surface area contributed by atoms with E-state index in [4.69, 9.17) is 23.2 Å². The Labute approximate surface area is 157 Å². The lowest BCUT2D eigenvalue weighted by atomic mass is 10.1. The van der Waals surface area contributed by atoms with Crippen LogP contribution in [0.15, 0.2) is 52.8 Å². The maximum Gasteiger partial charge on any atom is 0.263 e. The van der Waals surface area contributed by atoms with E-state index < -0.39 is 29.7 Å². The van der Waals surface area contributed by atoms with E-state index in [1.54, 1.807) is 24.3 Å². The fourth-order valence-electron chi connectivity index (χ4n) is 3.02. The first kappa shape index (κ1) is 16.9. The van der Waals surface area contributed by atoms with Gasteiger partial charge in [-0.25, -0.2) is 9.29 Å². The average Bonchev–Trinajstić information content (AvgIpc) is 3.12.